The average molecular weight is 377 g/mol. The zero-order chi connectivity index (χ0) is 16.1. The van der Waals surface area contributed by atoms with Gasteiger partial charge in [0.2, 0.25) is 5.91 Å². The van der Waals surface area contributed by atoms with E-state index in [2.05, 4.69) is 37.7 Å². The van der Waals surface area contributed by atoms with Gasteiger partial charge < -0.3 is 10.6 Å². The van der Waals surface area contributed by atoms with E-state index in [1.54, 1.807) is 6.20 Å². The second-order valence-corrected chi connectivity index (χ2v) is 6.87. The normalized spacial score (nSPS) is 17.3. The van der Waals surface area contributed by atoms with E-state index in [4.69, 9.17) is 0 Å². The second-order valence-electron chi connectivity index (χ2n) is 5.95. The van der Waals surface area contributed by atoms with E-state index in [0.29, 0.717) is 18.9 Å². The molecular formula is C17H21BrN4O. The molecule has 2 heterocycles. The second kappa shape index (κ2) is 7.75. The fourth-order valence-electron chi connectivity index (χ4n) is 2.87. The maximum Gasteiger partial charge on any atom is 0.225 e. The van der Waals surface area contributed by atoms with E-state index in [0.717, 1.165) is 35.4 Å². The molecule has 122 valence electrons. The van der Waals surface area contributed by atoms with Crippen molar-refractivity contribution in [1.82, 2.24) is 15.1 Å². The van der Waals surface area contributed by atoms with Gasteiger partial charge in [0.25, 0.3) is 0 Å². The third kappa shape index (κ3) is 4.65. The monoisotopic (exact) mass is 376 g/mol. The number of hydrogen-bond donors (Lipinski definition) is 2. The predicted octanol–water partition coefficient (Wildman–Crippen LogP) is 3.02. The number of aromatic nitrogens is 2. The molecule has 0 bridgehead atoms. The third-order valence-corrected chi connectivity index (χ3v) is 4.64. The van der Waals surface area contributed by atoms with Gasteiger partial charge in [-0.25, -0.2) is 4.68 Å². The van der Waals surface area contributed by atoms with E-state index in [1.165, 1.54) is 6.42 Å². The Labute approximate surface area is 144 Å². The Hall–Kier alpha value is -1.66. The summed E-state index contributed by atoms with van der Waals surface area (Å²) in [7, 11) is 0. The molecule has 23 heavy (non-hydrogen) atoms. The molecule has 0 radical (unpaired) electrons. The SMILES string of the molecule is O=C(CCC1CCNC1)Nc1ccnn1Cc1cccc(Br)c1. The van der Waals surface area contributed by atoms with Gasteiger partial charge in [0, 0.05) is 17.0 Å². The zero-order valence-corrected chi connectivity index (χ0v) is 14.6. The molecule has 3 rings (SSSR count). The van der Waals surface area contributed by atoms with Crippen molar-refractivity contribution >= 4 is 27.7 Å². The molecule has 1 saturated heterocycles. The van der Waals surface area contributed by atoms with Crippen LogP contribution in [0.15, 0.2) is 41.0 Å². The topological polar surface area (TPSA) is 59.0 Å². The van der Waals surface area contributed by atoms with Crippen molar-refractivity contribution in [1.29, 1.82) is 0 Å². The summed E-state index contributed by atoms with van der Waals surface area (Å²) in [6, 6.07) is 9.93. The lowest BCUT2D eigenvalue weighted by Crippen LogP contribution is -2.17. The van der Waals surface area contributed by atoms with Gasteiger partial charge in [-0.1, -0.05) is 28.1 Å². The van der Waals surface area contributed by atoms with Crippen molar-refractivity contribution in [3.63, 3.8) is 0 Å². The number of nitrogens with zero attached hydrogens (tertiary/aromatic N) is 2. The van der Waals surface area contributed by atoms with Gasteiger partial charge in [0.05, 0.1) is 12.7 Å². The summed E-state index contributed by atoms with van der Waals surface area (Å²) in [5, 5.41) is 10.6. The molecule has 1 atom stereocenters. The molecule has 2 aromatic rings. The van der Waals surface area contributed by atoms with Crippen LogP contribution in [-0.4, -0.2) is 28.8 Å². The molecule has 1 unspecified atom stereocenters. The highest BCUT2D eigenvalue weighted by molar-refractivity contribution is 9.10. The van der Waals surface area contributed by atoms with Gasteiger partial charge in [-0.2, -0.15) is 5.10 Å². The number of carbonyl (C=O) groups is 1. The summed E-state index contributed by atoms with van der Waals surface area (Å²) in [6.07, 6.45) is 4.40. The van der Waals surface area contributed by atoms with Gasteiger partial charge in [0.15, 0.2) is 0 Å². The Morgan fingerprint density at radius 3 is 3.13 bits per heavy atom. The summed E-state index contributed by atoms with van der Waals surface area (Å²) in [4.78, 5) is 12.1. The van der Waals surface area contributed by atoms with Crippen molar-refractivity contribution in [2.24, 2.45) is 5.92 Å². The molecule has 0 spiro atoms. The molecule has 0 saturated carbocycles. The predicted molar refractivity (Wildman–Crippen MR) is 94.3 cm³/mol. The fraction of sp³-hybridized carbons (Fsp3) is 0.412. The van der Waals surface area contributed by atoms with Crippen molar-refractivity contribution in [2.45, 2.75) is 25.8 Å². The molecule has 1 amide bonds. The summed E-state index contributed by atoms with van der Waals surface area (Å²) in [5.41, 5.74) is 1.13. The first-order valence-corrected chi connectivity index (χ1v) is 8.77. The quantitative estimate of drug-likeness (QED) is 0.814. The first-order chi connectivity index (χ1) is 11.2. The van der Waals surface area contributed by atoms with Crippen LogP contribution in [0.25, 0.3) is 0 Å². The number of benzene rings is 1. The number of anilines is 1. The average Bonchev–Trinajstić information content (AvgIpc) is 3.18. The van der Waals surface area contributed by atoms with Crippen LogP contribution >= 0.6 is 15.9 Å². The highest BCUT2D eigenvalue weighted by Crippen LogP contribution is 2.17. The third-order valence-electron chi connectivity index (χ3n) is 4.15. The van der Waals surface area contributed by atoms with Crippen molar-refractivity contribution in [3.05, 3.63) is 46.6 Å². The van der Waals surface area contributed by atoms with Gasteiger partial charge in [-0.3, -0.25) is 4.79 Å². The van der Waals surface area contributed by atoms with Crippen LogP contribution in [0.3, 0.4) is 0 Å². The molecule has 6 heteroatoms. The molecule has 1 aromatic heterocycles. The lowest BCUT2D eigenvalue weighted by Gasteiger charge is -2.11. The van der Waals surface area contributed by atoms with Crippen LogP contribution in [0.1, 0.15) is 24.8 Å². The van der Waals surface area contributed by atoms with Crippen LogP contribution in [0, 0.1) is 5.92 Å². The maximum atomic E-state index is 12.1. The number of halogens is 1. The number of hydrogen-bond acceptors (Lipinski definition) is 3. The minimum Gasteiger partial charge on any atom is -0.316 e. The molecule has 1 fully saturated rings. The lowest BCUT2D eigenvalue weighted by molar-refractivity contribution is -0.116. The minimum absolute atomic E-state index is 0.0629. The van der Waals surface area contributed by atoms with Crippen LogP contribution in [0.2, 0.25) is 0 Å². The maximum absolute atomic E-state index is 12.1. The van der Waals surface area contributed by atoms with E-state index in [1.807, 2.05) is 28.9 Å². The van der Waals surface area contributed by atoms with E-state index >= 15 is 0 Å². The summed E-state index contributed by atoms with van der Waals surface area (Å²) < 4.78 is 2.86. The van der Waals surface area contributed by atoms with Gasteiger partial charge in [0.1, 0.15) is 5.82 Å². The van der Waals surface area contributed by atoms with Crippen molar-refractivity contribution in [2.75, 3.05) is 18.4 Å². The fourth-order valence-corrected chi connectivity index (χ4v) is 3.32. The molecule has 1 aliphatic rings. The van der Waals surface area contributed by atoms with Crippen LogP contribution in [0.4, 0.5) is 5.82 Å². The van der Waals surface area contributed by atoms with Crippen molar-refractivity contribution in [3.8, 4) is 0 Å². The van der Waals surface area contributed by atoms with Crippen molar-refractivity contribution < 1.29 is 4.79 Å². The standard InChI is InChI=1S/C17H21BrN4O/c18-15-3-1-2-14(10-15)12-22-16(7-9-20-22)21-17(23)5-4-13-6-8-19-11-13/h1-3,7,9-10,13,19H,4-6,8,11-12H2,(H,21,23). The smallest absolute Gasteiger partial charge is 0.225 e. The summed E-state index contributed by atoms with van der Waals surface area (Å²) in [6.45, 7) is 2.74. The highest BCUT2D eigenvalue weighted by atomic mass is 79.9. The highest BCUT2D eigenvalue weighted by Gasteiger charge is 2.16. The number of nitrogens with one attached hydrogen (secondary N) is 2. The number of amides is 1. The largest absolute Gasteiger partial charge is 0.316 e. The van der Waals surface area contributed by atoms with Gasteiger partial charge in [-0.05, 0) is 49.5 Å². The number of carbonyl (C=O) groups excluding carboxylic acids is 1. The Morgan fingerprint density at radius 2 is 2.35 bits per heavy atom. The Morgan fingerprint density at radius 1 is 1.43 bits per heavy atom. The summed E-state index contributed by atoms with van der Waals surface area (Å²) in [5.74, 6) is 1.44. The molecule has 1 aromatic carbocycles. The Balaban J connectivity index is 1.56. The first kappa shape index (κ1) is 16.2. The Kier molecular flexibility index (Phi) is 5.46. The van der Waals surface area contributed by atoms with Gasteiger partial charge >= 0.3 is 0 Å². The van der Waals surface area contributed by atoms with Crippen LogP contribution < -0.4 is 10.6 Å². The molecule has 5 nitrogen and oxygen atoms in total. The lowest BCUT2D eigenvalue weighted by atomic mass is 10.0. The minimum atomic E-state index is 0.0629. The summed E-state index contributed by atoms with van der Waals surface area (Å²) >= 11 is 3.47. The van der Waals surface area contributed by atoms with Crippen LogP contribution in [0.5, 0.6) is 0 Å². The first-order valence-electron chi connectivity index (χ1n) is 7.97. The van der Waals surface area contributed by atoms with Gasteiger partial charge in [-0.15, -0.1) is 0 Å². The molecule has 1 aliphatic heterocycles. The Bertz CT molecular complexity index is 664. The van der Waals surface area contributed by atoms with E-state index in [9.17, 15) is 4.79 Å². The van der Waals surface area contributed by atoms with E-state index in [-0.39, 0.29) is 5.91 Å². The zero-order valence-electron chi connectivity index (χ0n) is 13.0. The van der Waals surface area contributed by atoms with Crippen LogP contribution in [-0.2, 0) is 11.3 Å². The molecule has 0 aliphatic carbocycles. The number of rotatable bonds is 6. The molecular weight excluding hydrogens is 356 g/mol. The molecule has 2 N–H and O–H groups in total. The van der Waals surface area contributed by atoms with E-state index < -0.39 is 0 Å².